The number of aliphatic hydroxyl groups excluding tert-OH is 1. The molecule has 3 aromatic rings. The first-order valence-corrected chi connectivity index (χ1v) is 16.9. The predicted octanol–water partition coefficient (Wildman–Crippen LogP) is 6.14. The Morgan fingerprint density at radius 2 is 1.91 bits per heavy atom. The molecule has 2 aliphatic heterocycles. The smallest absolute Gasteiger partial charge is 0.336 e. The number of ether oxygens (including phenoxy) is 4. The number of aliphatic hydroxyl groups is 1. The van der Waals surface area contributed by atoms with E-state index in [-0.39, 0.29) is 29.5 Å². The summed E-state index contributed by atoms with van der Waals surface area (Å²) >= 11 is 0. The van der Waals surface area contributed by atoms with Crippen LogP contribution in [0, 0.1) is 22.7 Å². The lowest BCUT2D eigenvalue weighted by Crippen LogP contribution is -2.60. The number of allylic oxidation sites excluding steroid dienone is 2. The van der Waals surface area contributed by atoms with Crippen LogP contribution < -0.4 is 4.74 Å². The molecule has 4 fully saturated rings. The SMILES string of the molecule is C=C1CCC2[C@](C)(CC[C@H]3OC(c4ccc(OCc5cn(CCc6ccccc6)nn5)cc4)OC[C@@]23C)[C@@H]1C/C=C1/C(=O)OC[C@H]1O. The van der Waals surface area contributed by atoms with Gasteiger partial charge in [-0.1, -0.05) is 79.8 Å². The van der Waals surface area contributed by atoms with Crippen molar-refractivity contribution in [3.63, 3.8) is 0 Å². The summed E-state index contributed by atoms with van der Waals surface area (Å²) in [5.74, 6) is 0.950. The fourth-order valence-electron chi connectivity index (χ4n) is 8.65. The minimum atomic E-state index is -0.841. The number of hydrogen-bond acceptors (Lipinski definition) is 8. The minimum Gasteiger partial charge on any atom is -0.487 e. The van der Waals surface area contributed by atoms with Gasteiger partial charge in [-0.15, -0.1) is 5.10 Å². The lowest BCUT2D eigenvalue weighted by Gasteiger charge is -2.62. The number of esters is 1. The Morgan fingerprint density at radius 3 is 2.68 bits per heavy atom. The van der Waals surface area contributed by atoms with Crippen molar-refractivity contribution in [2.75, 3.05) is 13.2 Å². The number of fused-ring (bicyclic) bond motifs is 3. The van der Waals surface area contributed by atoms with Gasteiger partial charge in [0.25, 0.3) is 0 Å². The van der Waals surface area contributed by atoms with E-state index in [1.165, 1.54) is 11.1 Å². The van der Waals surface area contributed by atoms with Gasteiger partial charge in [0.15, 0.2) is 6.29 Å². The van der Waals surface area contributed by atoms with E-state index in [0.29, 0.717) is 31.1 Å². The van der Waals surface area contributed by atoms with Gasteiger partial charge in [0.05, 0.1) is 24.5 Å². The van der Waals surface area contributed by atoms with Crippen LogP contribution in [0.4, 0.5) is 0 Å². The highest BCUT2D eigenvalue weighted by Gasteiger charge is 2.60. The molecule has 9 heteroatoms. The zero-order valence-electron chi connectivity index (χ0n) is 27.3. The summed E-state index contributed by atoms with van der Waals surface area (Å²) in [5.41, 5.74) is 4.51. The van der Waals surface area contributed by atoms with Crippen molar-refractivity contribution < 1.29 is 28.8 Å². The van der Waals surface area contributed by atoms with Crippen LogP contribution in [-0.4, -0.2) is 51.5 Å². The van der Waals surface area contributed by atoms with Crippen molar-refractivity contribution in [2.45, 2.75) is 84.0 Å². The monoisotopic (exact) mass is 639 g/mol. The fourth-order valence-corrected chi connectivity index (χ4v) is 8.65. The van der Waals surface area contributed by atoms with Gasteiger partial charge in [-0.25, -0.2) is 4.79 Å². The molecule has 0 spiro atoms. The zero-order chi connectivity index (χ0) is 32.6. The number of benzene rings is 2. The third kappa shape index (κ3) is 6.28. The molecule has 0 amide bonds. The molecule has 9 nitrogen and oxygen atoms in total. The summed E-state index contributed by atoms with van der Waals surface area (Å²) in [6, 6.07) is 18.3. The standard InChI is InChI=1S/C38H45N3O6/c1-25-9-16-33-37(2,31(25)15-14-30-32(42)23-45-35(30)43)19-17-34-38(33,3)24-46-36(47-34)27-10-12-29(13-11-27)44-22-28-21-41(40-39-28)20-18-26-7-5-4-6-8-26/h4-8,10-14,21,31-34,36,42H,1,9,15-20,22-24H2,2-3H3/b30-14+/t31-,32-,33?,34-,36?,37-,38+/m1/s1. The van der Waals surface area contributed by atoms with Gasteiger partial charge < -0.3 is 24.1 Å². The van der Waals surface area contributed by atoms with Crippen LogP contribution in [0.15, 0.2) is 84.6 Å². The van der Waals surface area contributed by atoms with Crippen molar-refractivity contribution in [3.8, 4) is 5.75 Å². The van der Waals surface area contributed by atoms with Crippen molar-refractivity contribution in [1.29, 1.82) is 0 Å². The van der Waals surface area contributed by atoms with Crippen molar-refractivity contribution >= 4 is 5.97 Å². The van der Waals surface area contributed by atoms with Gasteiger partial charge in [-0.3, -0.25) is 4.68 Å². The summed E-state index contributed by atoms with van der Waals surface area (Å²) < 4.78 is 26.1. The summed E-state index contributed by atoms with van der Waals surface area (Å²) in [6.45, 7) is 10.9. The summed E-state index contributed by atoms with van der Waals surface area (Å²) in [7, 11) is 0. The summed E-state index contributed by atoms with van der Waals surface area (Å²) in [5, 5.41) is 18.7. The Morgan fingerprint density at radius 1 is 1.11 bits per heavy atom. The van der Waals surface area contributed by atoms with Crippen molar-refractivity contribution in [3.05, 3.63) is 101 Å². The predicted molar refractivity (Wildman–Crippen MR) is 175 cm³/mol. The molecule has 47 heavy (non-hydrogen) atoms. The molecule has 2 aliphatic carbocycles. The molecule has 2 aromatic carbocycles. The molecule has 4 aliphatic rings. The van der Waals surface area contributed by atoms with Gasteiger partial charge in [-0.05, 0) is 73.5 Å². The highest BCUT2D eigenvalue weighted by molar-refractivity contribution is 5.91. The van der Waals surface area contributed by atoms with Crippen molar-refractivity contribution in [1.82, 2.24) is 15.0 Å². The molecule has 2 saturated carbocycles. The first-order chi connectivity index (χ1) is 22.7. The number of rotatable bonds is 9. The second-order valence-corrected chi connectivity index (χ2v) is 14.2. The lowest BCUT2D eigenvalue weighted by atomic mass is 9.46. The van der Waals surface area contributed by atoms with Crippen LogP contribution in [0.3, 0.4) is 0 Å². The average Bonchev–Trinajstić information content (AvgIpc) is 3.67. The maximum atomic E-state index is 12.1. The Balaban J connectivity index is 0.951. The Hall–Kier alpha value is -3.79. The van der Waals surface area contributed by atoms with Gasteiger partial charge >= 0.3 is 5.97 Å². The molecule has 1 N–H and O–H groups in total. The molecule has 7 atom stereocenters. The lowest BCUT2D eigenvalue weighted by molar-refractivity contribution is -0.307. The second kappa shape index (κ2) is 13.0. The van der Waals surface area contributed by atoms with Crippen molar-refractivity contribution in [2.24, 2.45) is 22.7 Å². The summed E-state index contributed by atoms with van der Waals surface area (Å²) in [6.07, 6.45) is 8.15. The van der Waals surface area contributed by atoms with Crippen LogP contribution in [0.2, 0.25) is 0 Å². The van der Waals surface area contributed by atoms with E-state index >= 15 is 0 Å². The van der Waals surface area contributed by atoms with Gasteiger partial charge in [0.2, 0.25) is 0 Å². The highest BCUT2D eigenvalue weighted by Crippen LogP contribution is 2.64. The van der Waals surface area contributed by atoms with E-state index in [4.69, 9.17) is 18.9 Å². The molecule has 3 heterocycles. The van der Waals surface area contributed by atoms with Gasteiger partial charge in [0, 0.05) is 17.5 Å². The number of carbonyl (C=O) groups is 1. The largest absolute Gasteiger partial charge is 0.487 e. The molecule has 248 valence electrons. The number of hydrogen-bond donors (Lipinski definition) is 1. The van der Waals surface area contributed by atoms with Crippen LogP contribution in [-0.2, 0) is 38.6 Å². The molecular weight excluding hydrogens is 594 g/mol. The molecule has 0 radical (unpaired) electrons. The van der Waals surface area contributed by atoms with Crippen LogP contribution in [0.1, 0.15) is 69.1 Å². The average molecular weight is 640 g/mol. The van der Waals surface area contributed by atoms with E-state index in [2.05, 4.69) is 42.9 Å². The first-order valence-electron chi connectivity index (χ1n) is 16.9. The normalized spacial score (nSPS) is 32.9. The number of aromatic nitrogens is 3. The second-order valence-electron chi connectivity index (χ2n) is 14.2. The van der Waals surface area contributed by atoms with Crippen LogP contribution in [0.25, 0.3) is 0 Å². The molecular formula is C38H45N3O6. The van der Waals surface area contributed by atoms with E-state index in [0.717, 1.165) is 55.7 Å². The number of cyclic esters (lactones) is 1. The van der Waals surface area contributed by atoms with Crippen LogP contribution >= 0.6 is 0 Å². The van der Waals surface area contributed by atoms with Crippen LogP contribution in [0.5, 0.6) is 5.75 Å². The molecule has 0 bridgehead atoms. The zero-order valence-corrected chi connectivity index (χ0v) is 27.3. The number of carbonyl (C=O) groups excluding carboxylic acids is 1. The van der Waals surface area contributed by atoms with E-state index in [9.17, 15) is 9.90 Å². The highest BCUT2D eigenvalue weighted by atomic mass is 16.7. The maximum absolute atomic E-state index is 12.1. The van der Waals surface area contributed by atoms with E-state index in [1.807, 2.05) is 59.4 Å². The Labute approximate surface area is 276 Å². The number of nitrogens with zero attached hydrogens (tertiary/aromatic N) is 3. The Kier molecular flexibility index (Phi) is 8.80. The minimum absolute atomic E-state index is 0.00308. The first kappa shape index (κ1) is 31.8. The topological polar surface area (TPSA) is 105 Å². The summed E-state index contributed by atoms with van der Waals surface area (Å²) in [4.78, 5) is 12.1. The van der Waals surface area contributed by atoms with E-state index < -0.39 is 18.4 Å². The molecule has 7 rings (SSSR count). The third-order valence-corrected chi connectivity index (χ3v) is 11.3. The number of aryl methyl sites for hydroxylation is 2. The van der Waals surface area contributed by atoms with E-state index in [1.54, 1.807) is 0 Å². The third-order valence-electron chi connectivity index (χ3n) is 11.3. The molecule has 2 unspecified atom stereocenters. The molecule has 2 saturated heterocycles. The fraction of sp³-hybridized carbons (Fsp3) is 0.500. The quantitative estimate of drug-likeness (QED) is 0.169. The molecule has 1 aromatic heterocycles. The van der Waals surface area contributed by atoms with Gasteiger partial charge in [0.1, 0.15) is 30.8 Å². The maximum Gasteiger partial charge on any atom is 0.336 e. The Bertz CT molecular complexity index is 1620. The van der Waals surface area contributed by atoms with Gasteiger partial charge in [-0.2, -0.15) is 0 Å².